The molecule has 0 unspecified atom stereocenters. The van der Waals surface area contributed by atoms with Crippen LogP contribution in [0, 0.1) is 0 Å². The van der Waals surface area contributed by atoms with Crippen LogP contribution in [0.3, 0.4) is 0 Å². The summed E-state index contributed by atoms with van der Waals surface area (Å²) in [5.74, 6) is 0. The second kappa shape index (κ2) is 6.55. The molecular formula is KO4PbS+. The molecule has 0 aromatic heterocycles. The zero-order valence-corrected chi connectivity index (χ0v) is 11.4. The van der Waals surface area contributed by atoms with E-state index < -0.39 is 10.4 Å². The number of hydrogen-bond donors (Lipinski definition) is 0. The molecule has 0 N–H and O–H groups in total. The summed E-state index contributed by atoms with van der Waals surface area (Å²) in [4.78, 5) is 0. The average Bonchev–Trinajstić information content (AvgIpc) is 0.722. The van der Waals surface area contributed by atoms with Crippen LogP contribution < -0.4 is 51.4 Å². The summed E-state index contributed by atoms with van der Waals surface area (Å²) in [5.41, 5.74) is 0. The second-order valence-corrected chi connectivity index (χ2v) is 1.22. The average molecular weight is 342 g/mol. The van der Waals surface area contributed by atoms with Crippen molar-refractivity contribution in [1.29, 1.82) is 0 Å². The van der Waals surface area contributed by atoms with E-state index in [1.165, 1.54) is 0 Å². The first-order chi connectivity index (χ1) is 2.00. The molecule has 7 heteroatoms. The Morgan fingerprint density at radius 2 is 1.14 bits per heavy atom. The van der Waals surface area contributed by atoms with Gasteiger partial charge in [-0.25, -0.2) is 0 Å². The van der Waals surface area contributed by atoms with E-state index in [0.717, 1.165) is 0 Å². The second-order valence-electron chi connectivity index (χ2n) is 0.408. The third-order valence-corrected chi connectivity index (χ3v) is 0. The summed E-state index contributed by atoms with van der Waals surface area (Å²) in [7, 11) is -5.17. The van der Waals surface area contributed by atoms with Gasteiger partial charge in [-0.3, -0.25) is 8.42 Å². The van der Waals surface area contributed by atoms with Crippen molar-refractivity contribution in [1.82, 2.24) is 0 Å². The van der Waals surface area contributed by atoms with Crippen LogP contribution in [-0.2, 0) is 10.4 Å². The maximum absolute atomic E-state index is 8.52. The fourth-order valence-corrected chi connectivity index (χ4v) is 0. The third kappa shape index (κ3) is 59.1. The summed E-state index contributed by atoms with van der Waals surface area (Å²) in [5, 5.41) is 0. The Kier molecular flexibility index (Phi) is 15.2. The van der Waals surface area contributed by atoms with Crippen LogP contribution in [0.1, 0.15) is 0 Å². The minimum absolute atomic E-state index is 0. The van der Waals surface area contributed by atoms with E-state index in [0.29, 0.717) is 0 Å². The third-order valence-electron chi connectivity index (χ3n) is 0. The van der Waals surface area contributed by atoms with Gasteiger partial charge in [0.1, 0.15) is 0 Å². The monoisotopic (exact) mass is 343 g/mol. The predicted molar refractivity (Wildman–Crippen MR) is 16.2 cm³/mol. The van der Waals surface area contributed by atoms with Gasteiger partial charge in [-0.05, 0) is 0 Å². The molecule has 0 rings (SSSR count). The fourth-order valence-electron chi connectivity index (χ4n) is 0. The van der Waals surface area contributed by atoms with Gasteiger partial charge in [0.2, 0.25) is 0 Å². The molecule has 0 atom stereocenters. The van der Waals surface area contributed by atoms with E-state index in [2.05, 4.69) is 0 Å². The van der Waals surface area contributed by atoms with Crippen molar-refractivity contribution in [2.75, 3.05) is 0 Å². The molecule has 0 saturated carbocycles. The van der Waals surface area contributed by atoms with Crippen LogP contribution in [0.5, 0.6) is 0 Å². The SMILES string of the molecule is O=S(=O)([O-])[O-].[K+].[Pb+2]. The molecule has 0 bridgehead atoms. The first kappa shape index (κ1) is 16.2. The van der Waals surface area contributed by atoms with Crippen LogP contribution in [0.4, 0.5) is 0 Å². The summed E-state index contributed by atoms with van der Waals surface area (Å²) in [6.45, 7) is 0. The van der Waals surface area contributed by atoms with Gasteiger partial charge in [0.15, 0.2) is 0 Å². The van der Waals surface area contributed by atoms with E-state index in [-0.39, 0.29) is 78.7 Å². The molecule has 0 saturated heterocycles. The van der Waals surface area contributed by atoms with Gasteiger partial charge in [0, 0.05) is 10.4 Å². The van der Waals surface area contributed by atoms with E-state index in [9.17, 15) is 0 Å². The predicted octanol–water partition coefficient (Wildman–Crippen LogP) is -4.71. The van der Waals surface area contributed by atoms with Gasteiger partial charge in [-0.1, -0.05) is 0 Å². The standard InChI is InChI=1S/K.H2O4S.Pb/c;1-5(2,3)4;/h;(H2,1,2,3,4);/q+1;;+2/p-2. The molecule has 0 aromatic carbocycles. The van der Waals surface area contributed by atoms with E-state index in [1.54, 1.807) is 0 Å². The molecular weight excluding hydrogens is 342 g/mol. The molecule has 0 aliphatic heterocycles. The van der Waals surface area contributed by atoms with Crippen LogP contribution in [0.2, 0.25) is 0 Å². The Labute approximate surface area is 104 Å². The Morgan fingerprint density at radius 3 is 1.14 bits per heavy atom. The summed E-state index contributed by atoms with van der Waals surface area (Å²) >= 11 is 0. The maximum Gasteiger partial charge on any atom is 2.00 e. The molecule has 0 fully saturated rings. The minimum Gasteiger partial charge on any atom is -0.759 e. The van der Waals surface area contributed by atoms with Crippen LogP contribution in [0.25, 0.3) is 0 Å². The quantitative estimate of drug-likeness (QED) is 0.252. The van der Waals surface area contributed by atoms with Gasteiger partial charge in [0.05, 0.1) is 0 Å². The minimum atomic E-state index is -5.17. The summed E-state index contributed by atoms with van der Waals surface area (Å²) in [6, 6.07) is 0. The van der Waals surface area contributed by atoms with Crippen molar-refractivity contribution in [3.63, 3.8) is 0 Å². The molecule has 34 valence electrons. The topological polar surface area (TPSA) is 80.3 Å². The molecule has 0 aromatic rings. The van der Waals surface area contributed by atoms with Crippen LogP contribution in [-0.4, -0.2) is 44.8 Å². The normalized spacial score (nSPS) is 8.29. The number of rotatable bonds is 0. The first-order valence-corrected chi connectivity index (χ1v) is 2.00. The van der Waals surface area contributed by atoms with Crippen molar-refractivity contribution in [2.24, 2.45) is 0 Å². The Bertz CT molecular complexity index is 94.9. The molecule has 2 radical (unpaired) electrons. The van der Waals surface area contributed by atoms with Crippen molar-refractivity contribution in [3.05, 3.63) is 0 Å². The van der Waals surface area contributed by atoms with Gasteiger partial charge >= 0.3 is 78.7 Å². The van der Waals surface area contributed by atoms with Crippen LogP contribution in [0.15, 0.2) is 0 Å². The molecule has 0 aliphatic carbocycles. The van der Waals surface area contributed by atoms with Gasteiger partial charge in [0.25, 0.3) is 0 Å². The Hall–Kier alpha value is 2.43. The Balaban J connectivity index is -0.0000000800. The Morgan fingerprint density at radius 1 is 1.14 bits per heavy atom. The van der Waals surface area contributed by atoms with E-state index >= 15 is 0 Å². The molecule has 4 nitrogen and oxygen atoms in total. The zero-order chi connectivity index (χ0) is 4.50. The largest absolute Gasteiger partial charge is 2.00 e. The zero-order valence-electron chi connectivity index (χ0n) is 3.54. The van der Waals surface area contributed by atoms with E-state index in [4.69, 9.17) is 17.5 Å². The van der Waals surface area contributed by atoms with Crippen molar-refractivity contribution < 1.29 is 68.9 Å². The van der Waals surface area contributed by atoms with Gasteiger partial charge in [-0.2, -0.15) is 0 Å². The van der Waals surface area contributed by atoms with E-state index in [1.807, 2.05) is 0 Å². The van der Waals surface area contributed by atoms with Crippen LogP contribution >= 0.6 is 0 Å². The molecule has 0 heterocycles. The van der Waals surface area contributed by atoms with Gasteiger partial charge in [-0.15, -0.1) is 0 Å². The molecule has 7 heavy (non-hydrogen) atoms. The summed E-state index contributed by atoms with van der Waals surface area (Å²) < 4.78 is 34.1. The van der Waals surface area contributed by atoms with Gasteiger partial charge < -0.3 is 9.11 Å². The summed E-state index contributed by atoms with van der Waals surface area (Å²) in [6.07, 6.45) is 0. The molecule has 0 amide bonds. The fraction of sp³-hybridized carbons (Fsp3) is 0. The smallest absolute Gasteiger partial charge is 0.759 e. The molecule has 0 aliphatic rings. The first-order valence-electron chi connectivity index (χ1n) is 0.667. The molecule has 0 spiro atoms. The maximum atomic E-state index is 8.52. The van der Waals surface area contributed by atoms with Crippen molar-refractivity contribution in [3.8, 4) is 0 Å². The van der Waals surface area contributed by atoms with Crippen molar-refractivity contribution in [2.45, 2.75) is 0 Å². The van der Waals surface area contributed by atoms with Crippen molar-refractivity contribution >= 4 is 37.7 Å². The number of hydrogen-bond acceptors (Lipinski definition) is 4.